The molecule has 0 spiro atoms. The highest BCUT2D eigenvalue weighted by atomic mass is 19.2. The van der Waals surface area contributed by atoms with Gasteiger partial charge in [-0.2, -0.15) is 0 Å². The van der Waals surface area contributed by atoms with E-state index in [4.69, 9.17) is 10.5 Å². The highest BCUT2D eigenvalue weighted by molar-refractivity contribution is 5.24. The van der Waals surface area contributed by atoms with E-state index in [2.05, 4.69) is 0 Å². The number of hydrogen-bond donors (Lipinski definition) is 1. The lowest BCUT2D eigenvalue weighted by Crippen LogP contribution is -2.27. The molecule has 0 aromatic heterocycles. The van der Waals surface area contributed by atoms with Gasteiger partial charge in [0.1, 0.15) is 0 Å². The minimum atomic E-state index is -1.48. The maximum absolute atomic E-state index is 13.5. The smallest absolute Gasteiger partial charge is 0.194 e. The van der Waals surface area contributed by atoms with Gasteiger partial charge in [0.15, 0.2) is 17.5 Å². The number of benzene rings is 1. The summed E-state index contributed by atoms with van der Waals surface area (Å²) in [6.45, 7) is 1.90. The second kappa shape index (κ2) is 4.66. The van der Waals surface area contributed by atoms with E-state index >= 15 is 0 Å². The topological polar surface area (TPSA) is 35.2 Å². The number of nitrogens with two attached hydrogens (primary N) is 1. The normalized spacial score (nSPS) is 26.2. The van der Waals surface area contributed by atoms with Gasteiger partial charge in [0.2, 0.25) is 0 Å². The summed E-state index contributed by atoms with van der Waals surface area (Å²) in [5.41, 5.74) is 5.79. The minimum absolute atomic E-state index is 0.0389. The molecule has 0 amide bonds. The summed E-state index contributed by atoms with van der Waals surface area (Å²) < 4.78 is 44.9. The lowest BCUT2D eigenvalue weighted by atomic mass is 9.99. The fraction of sp³-hybridized carbons (Fsp3) is 0.500. The van der Waals surface area contributed by atoms with Gasteiger partial charge in [-0.3, -0.25) is 0 Å². The Balaban J connectivity index is 2.25. The molecule has 1 aliphatic heterocycles. The van der Waals surface area contributed by atoms with Crippen LogP contribution in [0.25, 0.3) is 0 Å². The van der Waals surface area contributed by atoms with E-state index < -0.39 is 23.5 Å². The molecule has 5 heteroatoms. The molecule has 2 rings (SSSR count). The van der Waals surface area contributed by atoms with Crippen LogP contribution in [0.3, 0.4) is 0 Å². The summed E-state index contributed by atoms with van der Waals surface area (Å²) in [4.78, 5) is 0. The van der Waals surface area contributed by atoms with E-state index in [-0.39, 0.29) is 17.8 Å². The summed E-state index contributed by atoms with van der Waals surface area (Å²) in [7, 11) is 0. The third-order valence-corrected chi connectivity index (χ3v) is 3.09. The molecule has 3 unspecified atom stereocenters. The first kappa shape index (κ1) is 12.4. The first-order valence-corrected chi connectivity index (χ1v) is 5.55. The van der Waals surface area contributed by atoms with Crippen molar-refractivity contribution in [1.29, 1.82) is 0 Å². The first-order valence-electron chi connectivity index (χ1n) is 5.55. The maximum Gasteiger partial charge on any atom is 0.194 e. The standard InChI is InChI=1S/C12H14F3NO/c1-6-2-5-9(17-6)12(16)7-3-4-8(13)11(15)10(7)14/h3-4,6,9,12H,2,5,16H2,1H3. The summed E-state index contributed by atoms with van der Waals surface area (Å²) in [5, 5.41) is 0. The third-order valence-electron chi connectivity index (χ3n) is 3.09. The zero-order valence-electron chi connectivity index (χ0n) is 9.42. The molecule has 17 heavy (non-hydrogen) atoms. The average Bonchev–Trinajstić information content (AvgIpc) is 2.72. The summed E-state index contributed by atoms with van der Waals surface area (Å²) in [6, 6.07) is 1.28. The van der Waals surface area contributed by atoms with Crippen LogP contribution in [-0.4, -0.2) is 12.2 Å². The Labute approximate surface area is 97.6 Å². The van der Waals surface area contributed by atoms with Crippen LogP contribution < -0.4 is 5.73 Å². The Morgan fingerprint density at radius 2 is 1.94 bits per heavy atom. The predicted molar refractivity (Wildman–Crippen MR) is 56.8 cm³/mol. The molecule has 0 bridgehead atoms. The molecule has 1 saturated heterocycles. The van der Waals surface area contributed by atoms with Crippen LogP contribution >= 0.6 is 0 Å². The van der Waals surface area contributed by atoms with Crippen molar-refractivity contribution in [3.8, 4) is 0 Å². The molecule has 2 N–H and O–H groups in total. The Kier molecular flexibility index (Phi) is 3.40. The Bertz CT molecular complexity index is 424. The molecular formula is C12H14F3NO. The van der Waals surface area contributed by atoms with E-state index in [0.717, 1.165) is 12.5 Å². The zero-order chi connectivity index (χ0) is 12.6. The molecule has 0 saturated carbocycles. The lowest BCUT2D eigenvalue weighted by Gasteiger charge is -2.20. The molecule has 1 aromatic carbocycles. The van der Waals surface area contributed by atoms with Crippen molar-refractivity contribution in [1.82, 2.24) is 0 Å². The molecule has 2 nitrogen and oxygen atoms in total. The van der Waals surface area contributed by atoms with Crippen LogP contribution in [0.1, 0.15) is 31.4 Å². The van der Waals surface area contributed by atoms with Crippen LogP contribution in [0.5, 0.6) is 0 Å². The van der Waals surface area contributed by atoms with Crippen LogP contribution in [-0.2, 0) is 4.74 Å². The number of rotatable bonds is 2. The molecule has 1 aromatic rings. The van der Waals surface area contributed by atoms with Crippen molar-refractivity contribution in [2.45, 2.75) is 38.0 Å². The van der Waals surface area contributed by atoms with Crippen molar-refractivity contribution in [3.05, 3.63) is 35.1 Å². The molecule has 3 atom stereocenters. The van der Waals surface area contributed by atoms with Gasteiger partial charge >= 0.3 is 0 Å². The van der Waals surface area contributed by atoms with Gasteiger partial charge in [-0.1, -0.05) is 6.07 Å². The quantitative estimate of drug-likeness (QED) is 0.813. The van der Waals surface area contributed by atoms with Crippen molar-refractivity contribution < 1.29 is 17.9 Å². The van der Waals surface area contributed by atoms with E-state index in [1.165, 1.54) is 6.07 Å². The van der Waals surface area contributed by atoms with Crippen LogP contribution in [0.15, 0.2) is 12.1 Å². The Morgan fingerprint density at radius 3 is 2.53 bits per heavy atom. The maximum atomic E-state index is 13.5. The average molecular weight is 245 g/mol. The van der Waals surface area contributed by atoms with Gasteiger partial charge in [0.05, 0.1) is 18.2 Å². The highest BCUT2D eigenvalue weighted by Crippen LogP contribution is 2.30. The first-order chi connectivity index (χ1) is 8.00. The molecule has 0 aliphatic carbocycles. The van der Waals surface area contributed by atoms with Gasteiger partial charge in [-0.15, -0.1) is 0 Å². The van der Waals surface area contributed by atoms with E-state index in [9.17, 15) is 13.2 Å². The second-order valence-electron chi connectivity index (χ2n) is 4.35. The Hall–Kier alpha value is -1.07. The molecule has 1 heterocycles. The summed E-state index contributed by atoms with van der Waals surface area (Å²) >= 11 is 0. The third kappa shape index (κ3) is 2.30. The molecule has 94 valence electrons. The van der Waals surface area contributed by atoms with Gasteiger partial charge in [-0.25, -0.2) is 13.2 Å². The molecular weight excluding hydrogens is 231 g/mol. The Morgan fingerprint density at radius 1 is 1.24 bits per heavy atom. The van der Waals surface area contributed by atoms with Gasteiger partial charge < -0.3 is 10.5 Å². The van der Waals surface area contributed by atoms with Crippen LogP contribution in [0.2, 0.25) is 0 Å². The predicted octanol–water partition coefficient (Wildman–Crippen LogP) is 2.67. The molecule has 1 fully saturated rings. The highest BCUT2D eigenvalue weighted by Gasteiger charge is 2.30. The lowest BCUT2D eigenvalue weighted by molar-refractivity contribution is 0.0393. The zero-order valence-corrected chi connectivity index (χ0v) is 9.42. The van der Waals surface area contributed by atoms with Crippen LogP contribution in [0.4, 0.5) is 13.2 Å². The van der Waals surface area contributed by atoms with Crippen molar-refractivity contribution >= 4 is 0 Å². The SMILES string of the molecule is CC1CCC(C(N)c2ccc(F)c(F)c2F)O1. The van der Waals surface area contributed by atoms with E-state index in [1.807, 2.05) is 6.92 Å². The number of halogens is 3. The second-order valence-corrected chi connectivity index (χ2v) is 4.35. The number of ether oxygens (including phenoxy) is 1. The fourth-order valence-corrected chi connectivity index (χ4v) is 2.10. The fourth-order valence-electron chi connectivity index (χ4n) is 2.10. The largest absolute Gasteiger partial charge is 0.373 e. The molecule has 1 aliphatic rings. The van der Waals surface area contributed by atoms with Crippen molar-refractivity contribution in [2.24, 2.45) is 5.73 Å². The van der Waals surface area contributed by atoms with E-state index in [1.54, 1.807) is 0 Å². The molecule has 0 radical (unpaired) electrons. The van der Waals surface area contributed by atoms with Gasteiger partial charge in [0.25, 0.3) is 0 Å². The monoisotopic (exact) mass is 245 g/mol. The van der Waals surface area contributed by atoms with Gasteiger partial charge in [0, 0.05) is 5.56 Å². The minimum Gasteiger partial charge on any atom is -0.373 e. The summed E-state index contributed by atoms with van der Waals surface area (Å²) in [5.74, 6) is -3.91. The van der Waals surface area contributed by atoms with Gasteiger partial charge in [-0.05, 0) is 25.8 Å². The van der Waals surface area contributed by atoms with E-state index in [0.29, 0.717) is 6.42 Å². The van der Waals surface area contributed by atoms with Crippen molar-refractivity contribution in [3.63, 3.8) is 0 Å². The van der Waals surface area contributed by atoms with Crippen LogP contribution in [0, 0.1) is 17.5 Å². The number of hydrogen-bond acceptors (Lipinski definition) is 2. The van der Waals surface area contributed by atoms with Crippen molar-refractivity contribution in [2.75, 3.05) is 0 Å². The summed E-state index contributed by atoms with van der Waals surface area (Å²) in [6.07, 6.45) is 1.26.